The molecule has 1 atom stereocenters. The Hall–Kier alpha value is -2.83. The summed E-state index contributed by atoms with van der Waals surface area (Å²) in [5, 5.41) is 11.7. The molecule has 0 radical (unpaired) electrons. The topological polar surface area (TPSA) is 96.1 Å². The van der Waals surface area contributed by atoms with Crippen molar-refractivity contribution >= 4 is 17.4 Å². The van der Waals surface area contributed by atoms with Gasteiger partial charge in [-0.1, -0.05) is 12.1 Å². The van der Waals surface area contributed by atoms with Gasteiger partial charge in [0.1, 0.15) is 5.75 Å². The Morgan fingerprint density at radius 2 is 2.15 bits per heavy atom. The van der Waals surface area contributed by atoms with Crippen molar-refractivity contribution in [2.24, 2.45) is 0 Å². The summed E-state index contributed by atoms with van der Waals surface area (Å²) in [6.45, 7) is 0.367. The van der Waals surface area contributed by atoms with E-state index >= 15 is 0 Å². The van der Waals surface area contributed by atoms with E-state index < -0.39 is 6.10 Å². The van der Waals surface area contributed by atoms with Crippen LogP contribution in [0.4, 0.5) is 11.5 Å². The van der Waals surface area contributed by atoms with Gasteiger partial charge in [-0.25, -0.2) is 5.10 Å². The number of nitrogens with zero attached hydrogens (tertiary/aromatic N) is 1. The number of benzene rings is 1. The van der Waals surface area contributed by atoms with Crippen LogP contribution in [0.3, 0.4) is 0 Å². The van der Waals surface area contributed by atoms with E-state index in [0.29, 0.717) is 12.3 Å². The van der Waals surface area contributed by atoms with Crippen molar-refractivity contribution in [1.82, 2.24) is 10.2 Å². The molecule has 7 heteroatoms. The van der Waals surface area contributed by atoms with Crippen LogP contribution in [0.5, 0.6) is 5.75 Å². The summed E-state index contributed by atoms with van der Waals surface area (Å²) in [6, 6.07) is 10.1. The van der Waals surface area contributed by atoms with Gasteiger partial charge in [-0.15, -0.1) is 0 Å². The molecule has 20 heavy (non-hydrogen) atoms. The summed E-state index contributed by atoms with van der Waals surface area (Å²) < 4.78 is 5.62. The van der Waals surface area contributed by atoms with Gasteiger partial charge in [0.2, 0.25) is 0 Å². The summed E-state index contributed by atoms with van der Waals surface area (Å²) >= 11 is 0. The number of H-pyrrole nitrogens is 1. The smallest absolute Gasteiger partial charge is 0.268 e. The molecule has 0 saturated heterocycles. The minimum atomic E-state index is -0.654. The Labute approximate surface area is 114 Å². The second kappa shape index (κ2) is 5.04. The lowest BCUT2D eigenvalue weighted by Crippen LogP contribution is -2.41. The van der Waals surface area contributed by atoms with E-state index in [2.05, 4.69) is 20.8 Å². The van der Waals surface area contributed by atoms with E-state index in [9.17, 15) is 9.59 Å². The molecule has 0 fully saturated rings. The first-order valence-corrected chi connectivity index (χ1v) is 6.08. The molecule has 1 amide bonds. The number of hydrogen-bond acceptors (Lipinski definition) is 5. The number of nitrogens with one attached hydrogen (secondary N) is 3. The molecular formula is C13H12N4O3. The van der Waals surface area contributed by atoms with E-state index in [1.54, 1.807) is 6.07 Å². The highest BCUT2D eigenvalue weighted by atomic mass is 16.5. The number of aromatic nitrogens is 2. The van der Waals surface area contributed by atoms with Crippen LogP contribution in [0.25, 0.3) is 0 Å². The van der Waals surface area contributed by atoms with Gasteiger partial charge < -0.3 is 15.4 Å². The highest BCUT2D eigenvalue weighted by Gasteiger charge is 2.25. The maximum absolute atomic E-state index is 12.1. The highest BCUT2D eigenvalue weighted by molar-refractivity contribution is 5.94. The predicted octanol–water partition coefficient (Wildman–Crippen LogP) is 0.581. The Bertz CT molecular complexity index is 678. The number of para-hydroxylation sites is 2. The number of carbonyl (C=O) groups excluding carboxylic acids is 1. The molecule has 0 spiro atoms. The monoisotopic (exact) mass is 272 g/mol. The van der Waals surface area contributed by atoms with E-state index in [0.717, 1.165) is 5.69 Å². The average molecular weight is 272 g/mol. The third-order valence-electron chi connectivity index (χ3n) is 2.86. The molecule has 7 nitrogen and oxygen atoms in total. The van der Waals surface area contributed by atoms with Gasteiger partial charge in [-0.2, -0.15) is 5.10 Å². The molecule has 1 aliphatic rings. The van der Waals surface area contributed by atoms with Crippen LogP contribution in [0.2, 0.25) is 0 Å². The number of fused-ring (bicyclic) bond motifs is 1. The van der Waals surface area contributed by atoms with Crippen molar-refractivity contribution in [3.8, 4) is 5.75 Å². The van der Waals surface area contributed by atoms with Gasteiger partial charge in [0.15, 0.2) is 11.9 Å². The third-order valence-corrected chi connectivity index (χ3v) is 2.86. The molecule has 1 aromatic heterocycles. The fourth-order valence-corrected chi connectivity index (χ4v) is 1.88. The van der Waals surface area contributed by atoms with Crippen LogP contribution < -0.4 is 20.9 Å². The van der Waals surface area contributed by atoms with E-state index in [1.165, 1.54) is 12.1 Å². The minimum absolute atomic E-state index is 0.275. The van der Waals surface area contributed by atoms with Crippen LogP contribution in [0, 0.1) is 0 Å². The zero-order valence-electron chi connectivity index (χ0n) is 10.4. The quantitative estimate of drug-likeness (QED) is 0.743. The number of hydrogen-bond donors (Lipinski definition) is 3. The lowest BCUT2D eigenvalue weighted by molar-refractivity contribution is -0.122. The fraction of sp³-hybridized carbons (Fsp3) is 0.154. The van der Waals surface area contributed by atoms with Gasteiger partial charge in [0.05, 0.1) is 12.2 Å². The van der Waals surface area contributed by atoms with Crippen LogP contribution in [-0.4, -0.2) is 28.8 Å². The molecule has 1 unspecified atom stereocenters. The Kier molecular flexibility index (Phi) is 3.08. The zero-order valence-corrected chi connectivity index (χ0v) is 10.4. The van der Waals surface area contributed by atoms with Crippen molar-refractivity contribution < 1.29 is 9.53 Å². The number of carbonyl (C=O) groups is 1. The number of amides is 1. The SMILES string of the molecule is O=C(Nc1ccc(=O)[nH]n1)C1CNc2ccccc2O1. The van der Waals surface area contributed by atoms with Gasteiger partial charge in [0.25, 0.3) is 11.5 Å². The summed E-state index contributed by atoms with van der Waals surface area (Å²) in [4.78, 5) is 22.9. The summed E-state index contributed by atoms with van der Waals surface area (Å²) in [5.41, 5.74) is 0.534. The van der Waals surface area contributed by atoms with Crippen molar-refractivity contribution in [2.75, 3.05) is 17.2 Å². The third kappa shape index (κ3) is 2.46. The van der Waals surface area contributed by atoms with Crippen LogP contribution >= 0.6 is 0 Å². The van der Waals surface area contributed by atoms with E-state index in [1.807, 2.05) is 18.2 Å². The number of anilines is 2. The first kappa shape index (κ1) is 12.2. The second-order valence-corrected chi connectivity index (χ2v) is 4.28. The normalized spacial score (nSPS) is 16.5. The highest BCUT2D eigenvalue weighted by Crippen LogP contribution is 2.28. The number of aromatic amines is 1. The van der Waals surface area contributed by atoms with Gasteiger partial charge in [0, 0.05) is 6.07 Å². The molecule has 3 N–H and O–H groups in total. The van der Waals surface area contributed by atoms with Crippen molar-refractivity contribution in [1.29, 1.82) is 0 Å². The molecule has 102 valence electrons. The number of ether oxygens (including phenoxy) is 1. The molecule has 1 aromatic carbocycles. The lowest BCUT2D eigenvalue weighted by Gasteiger charge is -2.26. The molecule has 1 aliphatic heterocycles. The van der Waals surface area contributed by atoms with Gasteiger partial charge in [-0.05, 0) is 18.2 Å². The van der Waals surface area contributed by atoms with Crippen molar-refractivity contribution in [3.63, 3.8) is 0 Å². The molecule has 0 bridgehead atoms. The largest absolute Gasteiger partial charge is 0.477 e. The van der Waals surface area contributed by atoms with Crippen molar-refractivity contribution in [2.45, 2.75) is 6.10 Å². The summed E-state index contributed by atoms with van der Waals surface area (Å²) in [5.74, 6) is 0.580. The van der Waals surface area contributed by atoms with Crippen molar-refractivity contribution in [3.05, 3.63) is 46.8 Å². The lowest BCUT2D eigenvalue weighted by atomic mass is 10.2. The fourth-order valence-electron chi connectivity index (χ4n) is 1.88. The molecule has 0 saturated carbocycles. The van der Waals surface area contributed by atoms with Gasteiger partial charge in [-0.3, -0.25) is 9.59 Å². The van der Waals surface area contributed by atoms with Gasteiger partial charge >= 0.3 is 0 Å². The Morgan fingerprint density at radius 1 is 1.30 bits per heavy atom. The molecule has 3 rings (SSSR count). The Morgan fingerprint density at radius 3 is 2.95 bits per heavy atom. The molecule has 2 aromatic rings. The predicted molar refractivity (Wildman–Crippen MR) is 72.8 cm³/mol. The van der Waals surface area contributed by atoms with E-state index in [4.69, 9.17) is 4.74 Å². The zero-order chi connectivity index (χ0) is 13.9. The van der Waals surface area contributed by atoms with E-state index in [-0.39, 0.29) is 17.3 Å². The molecule has 2 heterocycles. The minimum Gasteiger partial charge on any atom is -0.477 e. The summed E-state index contributed by atoms with van der Waals surface area (Å²) in [6.07, 6.45) is -0.654. The first-order chi connectivity index (χ1) is 9.72. The summed E-state index contributed by atoms with van der Waals surface area (Å²) in [7, 11) is 0. The van der Waals surface area contributed by atoms with Crippen LogP contribution in [-0.2, 0) is 4.79 Å². The molecule has 0 aliphatic carbocycles. The maximum atomic E-state index is 12.1. The van der Waals surface area contributed by atoms with Crippen LogP contribution in [0.15, 0.2) is 41.2 Å². The number of rotatable bonds is 2. The maximum Gasteiger partial charge on any atom is 0.268 e. The average Bonchev–Trinajstić information content (AvgIpc) is 2.49. The Balaban J connectivity index is 1.70. The first-order valence-electron chi connectivity index (χ1n) is 6.08. The second-order valence-electron chi connectivity index (χ2n) is 4.28. The standard InChI is InChI=1S/C13H12N4O3/c18-12-6-5-11(16-17-12)15-13(19)10-7-14-8-3-1-2-4-9(8)20-10/h1-6,10,14H,7H2,(H,17,18)(H,15,16,19). The molecular weight excluding hydrogens is 260 g/mol. The van der Waals surface area contributed by atoms with Crippen LogP contribution in [0.1, 0.15) is 0 Å².